The Hall–Kier alpha value is -1.93. The van der Waals surface area contributed by atoms with Crippen LogP contribution in [0.15, 0.2) is 24.5 Å². The number of anilines is 1. The molecule has 1 N–H and O–H groups in total. The van der Waals surface area contributed by atoms with E-state index in [9.17, 15) is 4.79 Å². The average molecular weight is 378 g/mol. The van der Waals surface area contributed by atoms with Crippen molar-refractivity contribution in [1.82, 2.24) is 20.1 Å². The summed E-state index contributed by atoms with van der Waals surface area (Å²) < 4.78 is 7.45. The highest BCUT2D eigenvalue weighted by atomic mass is 32.1. The summed E-state index contributed by atoms with van der Waals surface area (Å²) >= 11 is 1.56. The van der Waals surface area contributed by atoms with Gasteiger partial charge in [0.2, 0.25) is 16.2 Å². The highest BCUT2D eigenvalue weighted by Crippen LogP contribution is 2.27. The smallest absolute Gasteiger partial charge is 0.224 e. The summed E-state index contributed by atoms with van der Waals surface area (Å²) in [6.45, 7) is 7.01. The second-order valence-corrected chi connectivity index (χ2v) is 7.74. The van der Waals surface area contributed by atoms with Gasteiger partial charge >= 0.3 is 0 Å². The minimum absolute atomic E-state index is 0.00805. The normalized spacial score (nSPS) is 17.7. The fourth-order valence-corrected chi connectivity index (χ4v) is 3.86. The van der Waals surface area contributed by atoms with Crippen molar-refractivity contribution in [3.8, 4) is 5.13 Å². The summed E-state index contributed by atoms with van der Waals surface area (Å²) in [7, 11) is 0. The van der Waals surface area contributed by atoms with E-state index in [-0.39, 0.29) is 17.9 Å². The van der Waals surface area contributed by atoms with Crippen molar-refractivity contribution in [3.05, 3.63) is 24.5 Å². The Morgan fingerprint density at radius 2 is 2.12 bits per heavy atom. The lowest BCUT2D eigenvalue weighted by Crippen LogP contribution is -2.43. The minimum atomic E-state index is 0.00805. The number of carbonyl (C=O) groups is 1. The van der Waals surface area contributed by atoms with Gasteiger partial charge in [-0.3, -0.25) is 9.36 Å². The number of hydrogen-bond donors (Lipinski definition) is 1. The average Bonchev–Trinajstić information content (AvgIpc) is 3.32. The molecule has 1 fully saturated rings. The van der Waals surface area contributed by atoms with Crippen molar-refractivity contribution in [2.75, 3.05) is 31.1 Å². The van der Waals surface area contributed by atoms with E-state index < -0.39 is 0 Å². The third-order valence-electron chi connectivity index (χ3n) is 4.36. The first-order chi connectivity index (χ1) is 12.6. The fraction of sp³-hybridized carbons (Fsp3) is 0.611. The highest BCUT2D eigenvalue weighted by molar-refractivity contribution is 7.17. The van der Waals surface area contributed by atoms with E-state index in [1.165, 1.54) is 0 Å². The van der Waals surface area contributed by atoms with E-state index in [4.69, 9.17) is 4.74 Å². The van der Waals surface area contributed by atoms with Gasteiger partial charge in [-0.25, -0.2) is 0 Å². The first-order valence-corrected chi connectivity index (χ1v) is 10.1. The number of rotatable bonds is 8. The van der Waals surface area contributed by atoms with Crippen molar-refractivity contribution >= 4 is 22.4 Å². The van der Waals surface area contributed by atoms with Gasteiger partial charge in [0.05, 0.1) is 12.0 Å². The summed E-state index contributed by atoms with van der Waals surface area (Å²) in [6, 6.07) is 3.93. The van der Waals surface area contributed by atoms with E-state index >= 15 is 0 Å². The second kappa shape index (κ2) is 9.14. The third-order valence-corrected chi connectivity index (χ3v) is 5.36. The molecule has 2 aromatic rings. The van der Waals surface area contributed by atoms with Crippen molar-refractivity contribution in [3.63, 3.8) is 0 Å². The summed E-state index contributed by atoms with van der Waals surface area (Å²) in [5.74, 6) is 0.142. The molecule has 1 atom stereocenters. The maximum absolute atomic E-state index is 12.4. The summed E-state index contributed by atoms with van der Waals surface area (Å²) in [5, 5.41) is 13.4. The van der Waals surface area contributed by atoms with E-state index in [0.29, 0.717) is 19.7 Å². The van der Waals surface area contributed by atoms with Crippen LogP contribution < -0.4 is 10.2 Å². The van der Waals surface area contributed by atoms with E-state index in [2.05, 4.69) is 20.4 Å². The molecule has 142 valence electrons. The highest BCUT2D eigenvalue weighted by Gasteiger charge is 2.27. The van der Waals surface area contributed by atoms with Crippen LogP contribution in [0.1, 0.15) is 33.1 Å². The van der Waals surface area contributed by atoms with Crippen LogP contribution in [0.2, 0.25) is 0 Å². The van der Waals surface area contributed by atoms with Crippen LogP contribution in [-0.4, -0.2) is 53.0 Å². The monoisotopic (exact) mass is 377 g/mol. The predicted molar refractivity (Wildman–Crippen MR) is 103 cm³/mol. The predicted octanol–water partition coefficient (Wildman–Crippen LogP) is 2.48. The summed E-state index contributed by atoms with van der Waals surface area (Å²) in [5.41, 5.74) is 0. The number of piperidine rings is 1. The summed E-state index contributed by atoms with van der Waals surface area (Å²) in [6.07, 6.45) is 6.92. The number of amides is 1. The number of aromatic nitrogens is 3. The molecule has 0 bridgehead atoms. The van der Waals surface area contributed by atoms with Gasteiger partial charge in [-0.05, 0) is 45.2 Å². The molecule has 1 amide bonds. The van der Waals surface area contributed by atoms with Crippen molar-refractivity contribution < 1.29 is 9.53 Å². The molecule has 0 spiro atoms. The lowest BCUT2D eigenvalue weighted by molar-refractivity contribution is -0.125. The van der Waals surface area contributed by atoms with Gasteiger partial charge in [-0.1, -0.05) is 11.3 Å². The van der Waals surface area contributed by atoms with Gasteiger partial charge in [0.25, 0.3) is 0 Å². The van der Waals surface area contributed by atoms with Crippen LogP contribution >= 0.6 is 11.3 Å². The van der Waals surface area contributed by atoms with Gasteiger partial charge in [0.1, 0.15) is 0 Å². The standard InChI is InChI=1S/C18H27N5O2S/c1-14(2)25-12-6-8-19-16(24)15-7-5-11-23(13-15)18-21-20-17(26-18)22-9-3-4-10-22/h3-4,9-10,14-15H,5-8,11-13H2,1-2H3,(H,19,24). The molecule has 1 aliphatic rings. The molecule has 26 heavy (non-hydrogen) atoms. The number of nitrogens with one attached hydrogen (secondary N) is 1. The molecule has 3 heterocycles. The molecule has 0 aromatic carbocycles. The molecule has 7 nitrogen and oxygen atoms in total. The first kappa shape index (κ1) is 18.8. The third kappa shape index (κ3) is 5.04. The molecular formula is C18H27N5O2S. The maximum Gasteiger partial charge on any atom is 0.224 e. The molecule has 2 aromatic heterocycles. The number of carbonyl (C=O) groups excluding carboxylic acids is 1. The quantitative estimate of drug-likeness (QED) is 0.716. The molecule has 3 rings (SSSR count). The van der Waals surface area contributed by atoms with Crippen LogP contribution in [-0.2, 0) is 9.53 Å². The van der Waals surface area contributed by atoms with Crippen molar-refractivity contribution in [2.45, 2.75) is 39.2 Å². The van der Waals surface area contributed by atoms with Crippen LogP contribution in [0.5, 0.6) is 0 Å². The fourth-order valence-electron chi connectivity index (χ4n) is 3.01. The molecule has 0 radical (unpaired) electrons. The lowest BCUT2D eigenvalue weighted by atomic mass is 9.97. The molecular weight excluding hydrogens is 350 g/mol. The molecule has 1 saturated heterocycles. The molecule has 1 unspecified atom stereocenters. The van der Waals surface area contributed by atoms with Crippen LogP contribution in [0.25, 0.3) is 5.13 Å². The second-order valence-electron chi connectivity index (χ2n) is 6.81. The Bertz CT molecular complexity index is 686. The van der Waals surface area contributed by atoms with Gasteiger partial charge < -0.3 is 15.0 Å². The van der Waals surface area contributed by atoms with Gasteiger partial charge in [-0.15, -0.1) is 10.2 Å². The molecule has 0 aliphatic carbocycles. The van der Waals surface area contributed by atoms with E-state index in [1.807, 2.05) is 42.9 Å². The number of hydrogen-bond acceptors (Lipinski definition) is 6. The molecule has 1 aliphatic heterocycles. The van der Waals surface area contributed by atoms with Crippen LogP contribution in [0.4, 0.5) is 5.13 Å². The SMILES string of the molecule is CC(C)OCCCNC(=O)C1CCCN(c2nnc(-n3cccc3)s2)C1. The van der Waals surface area contributed by atoms with Gasteiger partial charge in [0, 0.05) is 38.6 Å². The van der Waals surface area contributed by atoms with Gasteiger partial charge in [-0.2, -0.15) is 0 Å². The minimum Gasteiger partial charge on any atom is -0.379 e. The van der Waals surface area contributed by atoms with E-state index in [0.717, 1.165) is 36.1 Å². The molecule has 8 heteroatoms. The first-order valence-electron chi connectivity index (χ1n) is 9.24. The van der Waals surface area contributed by atoms with E-state index in [1.54, 1.807) is 11.3 Å². The van der Waals surface area contributed by atoms with Crippen LogP contribution in [0, 0.1) is 5.92 Å². The zero-order valence-electron chi connectivity index (χ0n) is 15.4. The topological polar surface area (TPSA) is 72.3 Å². The summed E-state index contributed by atoms with van der Waals surface area (Å²) in [4.78, 5) is 14.6. The lowest BCUT2D eigenvalue weighted by Gasteiger charge is -2.31. The number of nitrogens with zero attached hydrogens (tertiary/aromatic N) is 4. The Balaban J connectivity index is 1.48. The zero-order valence-corrected chi connectivity index (χ0v) is 16.2. The largest absolute Gasteiger partial charge is 0.379 e. The van der Waals surface area contributed by atoms with Crippen molar-refractivity contribution in [2.24, 2.45) is 5.92 Å². The van der Waals surface area contributed by atoms with Crippen molar-refractivity contribution in [1.29, 1.82) is 0 Å². The Kier molecular flexibility index (Phi) is 6.62. The molecule has 0 saturated carbocycles. The maximum atomic E-state index is 12.4. The number of ether oxygens (including phenoxy) is 1. The Labute approximate surface area is 158 Å². The van der Waals surface area contributed by atoms with Gasteiger partial charge in [0.15, 0.2) is 0 Å². The Morgan fingerprint density at radius 1 is 1.35 bits per heavy atom. The zero-order chi connectivity index (χ0) is 18.4. The Morgan fingerprint density at radius 3 is 2.88 bits per heavy atom. The van der Waals surface area contributed by atoms with Crippen LogP contribution in [0.3, 0.4) is 0 Å².